The number of likely N-dealkylation sites (tertiary alicyclic amines) is 1. The van der Waals surface area contributed by atoms with Crippen LogP contribution in [0, 0.1) is 5.92 Å². The van der Waals surface area contributed by atoms with Crippen molar-refractivity contribution in [2.75, 3.05) is 39.3 Å². The van der Waals surface area contributed by atoms with E-state index in [1.165, 1.54) is 5.56 Å². The number of piperidine rings is 1. The Hall–Kier alpha value is -2.21. The molecule has 2 fully saturated rings. The molecule has 0 saturated carbocycles. The zero-order valence-electron chi connectivity index (χ0n) is 18.6. The molecule has 0 radical (unpaired) electrons. The molecule has 4 rings (SSSR count). The summed E-state index contributed by atoms with van der Waals surface area (Å²) in [6.07, 6.45) is 1.45. The van der Waals surface area contributed by atoms with E-state index in [0.29, 0.717) is 0 Å². The molecule has 166 valence electrons. The molecular formula is C26H35N3O2. The first-order chi connectivity index (χ1) is 15.1. The number of aliphatic hydroxyl groups is 1. The number of aliphatic hydroxyl groups excluding tert-OH is 1. The minimum atomic E-state index is -0.410. The van der Waals surface area contributed by atoms with Crippen molar-refractivity contribution >= 4 is 5.91 Å². The zero-order valence-corrected chi connectivity index (χ0v) is 18.6. The number of carbonyl (C=O) groups is 1. The van der Waals surface area contributed by atoms with E-state index in [0.717, 1.165) is 64.2 Å². The lowest BCUT2D eigenvalue weighted by atomic mass is 9.87. The maximum absolute atomic E-state index is 13.1. The average molecular weight is 422 g/mol. The molecule has 1 N–H and O–H groups in total. The van der Waals surface area contributed by atoms with E-state index in [4.69, 9.17) is 0 Å². The van der Waals surface area contributed by atoms with Crippen molar-refractivity contribution in [1.29, 1.82) is 0 Å². The smallest absolute Gasteiger partial charge is 0.239 e. The van der Waals surface area contributed by atoms with Gasteiger partial charge in [0.25, 0.3) is 0 Å². The van der Waals surface area contributed by atoms with Crippen LogP contribution in [0.5, 0.6) is 0 Å². The Morgan fingerprint density at radius 3 is 2.10 bits per heavy atom. The molecule has 5 nitrogen and oxygen atoms in total. The summed E-state index contributed by atoms with van der Waals surface area (Å²) in [7, 11) is 0. The number of hydrogen-bond donors (Lipinski definition) is 1. The van der Waals surface area contributed by atoms with Crippen LogP contribution in [0.3, 0.4) is 0 Å². The van der Waals surface area contributed by atoms with Gasteiger partial charge in [-0.2, -0.15) is 0 Å². The second kappa shape index (κ2) is 10.4. The normalized spacial score (nSPS) is 21.0. The number of carbonyl (C=O) groups excluding carboxylic acids is 1. The third-order valence-electron chi connectivity index (χ3n) is 7.00. The summed E-state index contributed by atoms with van der Waals surface area (Å²) < 4.78 is 0. The van der Waals surface area contributed by atoms with Crippen LogP contribution in [-0.2, 0) is 11.3 Å². The van der Waals surface area contributed by atoms with E-state index in [1.54, 1.807) is 0 Å². The Kier molecular flexibility index (Phi) is 7.38. The summed E-state index contributed by atoms with van der Waals surface area (Å²) in [6.45, 7) is 8.21. The van der Waals surface area contributed by atoms with Crippen molar-refractivity contribution < 1.29 is 9.90 Å². The van der Waals surface area contributed by atoms with Gasteiger partial charge in [-0.05, 0) is 49.9 Å². The molecule has 2 aliphatic heterocycles. The Morgan fingerprint density at radius 1 is 0.903 bits per heavy atom. The highest BCUT2D eigenvalue weighted by Gasteiger charge is 2.33. The molecule has 0 aliphatic carbocycles. The van der Waals surface area contributed by atoms with E-state index in [2.05, 4.69) is 34.1 Å². The number of rotatable bonds is 6. The summed E-state index contributed by atoms with van der Waals surface area (Å²) in [4.78, 5) is 19.9. The number of amides is 1. The minimum absolute atomic E-state index is 0.0875. The third kappa shape index (κ3) is 5.53. The highest BCUT2D eigenvalue weighted by molar-refractivity contribution is 5.81. The number of hydrogen-bond acceptors (Lipinski definition) is 4. The van der Waals surface area contributed by atoms with Crippen molar-refractivity contribution in [2.24, 2.45) is 5.92 Å². The van der Waals surface area contributed by atoms with Crippen molar-refractivity contribution in [2.45, 2.75) is 38.5 Å². The van der Waals surface area contributed by atoms with Gasteiger partial charge in [-0.15, -0.1) is 0 Å². The Balaban J connectivity index is 1.23. The fourth-order valence-corrected chi connectivity index (χ4v) is 4.93. The summed E-state index contributed by atoms with van der Waals surface area (Å²) in [6, 6.07) is 20.4. The summed E-state index contributed by atoms with van der Waals surface area (Å²) >= 11 is 0. The van der Waals surface area contributed by atoms with Gasteiger partial charge in [-0.25, -0.2) is 0 Å². The van der Waals surface area contributed by atoms with E-state index >= 15 is 0 Å². The van der Waals surface area contributed by atoms with Gasteiger partial charge in [-0.3, -0.25) is 14.6 Å². The highest BCUT2D eigenvalue weighted by atomic mass is 16.3. The Bertz CT molecular complexity index is 813. The van der Waals surface area contributed by atoms with Gasteiger partial charge in [0.2, 0.25) is 5.91 Å². The quantitative estimate of drug-likeness (QED) is 0.778. The fourth-order valence-electron chi connectivity index (χ4n) is 4.93. The van der Waals surface area contributed by atoms with Crippen LogP contribution in [-0.4, -0.2) is 71.0 Å². The molecule has 2 saturated heterocycles. The second-order valence-electron chi connectivity index (χ2n) is 8.99. The molecule has 0 aromatic heterocycles. The molecule has 2 aliphatic rings. The van der Waals surface area contributed by atoms with Crippen LogP contribution in [0.15, 0.2) is 60.7 Å². The highest BCUT2D eigenvalue weighted by Crippen LogP contribution is 2.31. The van der Waals surface area contributed by atoms with Crippen molar-refractivity contribution in [3.8, 4) is 0 Å². The summed E-state index contributed by atoms with van der Waals surface area (Å²) in [5.41, 5.74) is 2.33. The lowest BCUT2D eigenvalue weighted by Gasteiger charge is -2.40. The number of nitrogens with zero attached hydrogens (tertiary/aromatic N) is 3. The predicted molar refractivity (Wildman–Crippen MR) is 123 cm³/mol. The van der Waals surface area contributed by atoms with E-state index < -0.39 is 6.10 Å². The van der Waals surface area contributed by atoms with Gasteiger partial charge < -0.3 is 10.0 Å². The van der Waals surface area contributed by atoms with Gasteiger partial charge >= 0.3 is 0 Å². The van der Waals surface area contributed by atoms with Gasteiger partial charge in [0.15, 0.2) is 0 Å². The number of piperazine rings is 1. The van der Waals surface area contributed by atoms with Crippen LogP contribution in [0.1, 0.15) is 37.0 Å². The summed E-state index contributed by atoms with van der Waals surface area (Å²) in [5.74, 6) is 0.518. The molecule has 0 spiro atoms. The zero-order chi connectivity index (χ0) is 21.6. The van der Waals surface area contributed by atoms with E-state index in [-0.39, 0.29) is 17.9 Å². The maximum Gasteiger partial charge on any atom is 0.239 e. The first kappa shape index (κ1) is 22.0. The molecule has 2 aromatic rings. The standard InChI is InChI=1S/C26H35N3O2/c1-21(28-14-12-24(13-15-28)25(30)23-10-6-3-7-11-23)26(31)29-18-16-27(17-19-29)20-22-8-4-2-5-9-22/h2-11,21,24-25,30H,12-20H2,1H3. The molecule has 2 heterocycles. The lowest BCUT2D eigenvalue weighted by Crippen LogP contribution is -2.55. The lowest BCUT2D eigenvalue weighted by molar-refractivity contribution is -0.139. The average Bonchev–Trinajstić information content (AvgIpc) is 2.84. The minimum Gasteiger partial charge on any atom is -0.388 e. The van der Waals surface area contributed by atoms with Crippen LogP contribution in [0.2, 0.25) is 0 Å². The van der Waals surface area contributed by atoms with Crippen LogP contribution in [0.25, 0.3) is 0 Å². The molecule has 2 aromatic carbocycles. The monoisotopic (exact) mass is 421 g/mol. The largest absolute Gasteiger partial charge is 0.388 e. The van der Waals surface area contributed by atoms with Crippen LogP contribution < -0.4 is 0 Å². The van der Waals surface area contributed by atoms with Gasteiger partial charge in [0.1, 0.15) is 0 Å². The molecular weight excluding hydrogens is 386 g/mol. The molecule has 1 amide bonds. The van der Waals surface area contributed by atoms with Crippen molar-refractivity contribution in [3.63, 3.8) is 0 Å². The van der Waals surface area contributed by atoms with Gasteiger partial charge in [0, 0.05) is 32.7 Å². The SMILES string of the molecule is CC(C(=O)N1CCN(Cc2ccccc2)CC1)N1CCC(C(O)c2ccccc2)CC1. The molecule has 2 unspecified atom stereocenters. The number of benzene rings is 2. The topological polar surface area (TPSA) is 47.0 Å². The Morgan fingerprint density at radius 2 is 1.48 bits per heavy atom. The third-order valence-corrected chi connectivity index (χ3v) is 7.00. The van der Waals surface area contributed by atoms with Crippen LogP contribution in [0.4, 0.5) is 0 Å². The first-order valence-corrected chi connectivity index (χ1v) is 11.6. The first-order valence-electron chi connectivity index (χ1n) is 11.6. The predicted octanol–water partition coefficient (Wildman–Crippen LogP) is 3.16. The van der Waals surface area contributed by atoms with Crippen molar-refractivity contribution in [3.05, 3.63) is 71.8 Å². The van der Waals surface area contributed by atoms with Crippen LogP contribution >= 0.6 is 0 Å². The maximum atomic E-state index is 13.1. The second-order valence-corrected chi connectivity index (χ2v) is 8.99. The van der Waals surface area contributed by atoms with Crippen molar-refractivity contribution in [1.82, 2.24) is 14.7 Å². The Labute approximate surface area is 186 Å². The van der Waals surface area contributed by atoms with E-state index in [1.807, 2.05) is 48.2 Å². The summed E-state index contributed by atoms with van der Waals surface area (Å²) in [5, 5.41) is 10.7. The molecule has 5 heteroatoms. The molecule has 31 heavy (non-hydrogen) atoms. The molecule has 2 atom stereocenters. The molecule has 0 bridgehead atoms. The van der Waals surface area contributed by atoms with Gasteiger partial charge in [0.05, 0.1) is 12.1 Å². The fraction of sp³-hybridized carbons (Fsp3) is 0.500. The van der Waals surface area contributed by atoms with E-state index in [9.17, 15) is 9.90 Å². The van der Waals surface area contributed by atoms with Gasteiger partial charge in [-0.1, -0.05) is 60.7 Å².